The third kappa shape index (κ3) is 5.20. The van der Waals surface area contributed by atoms with Crippen LogP contribution in [-0.4, -0.2) is 11.7 Å². The van der Waals surface area contributed by atoms with Gasteiger partial charge in [0.15, 0.2) is 6.17 Å². The molecule has 2 aromatic heterocycles. The van der Waals surface area contributed by atoms with Crippen LogP contribution in [0.2, 0.25) is 0 Å². The molecule has 2 atom stereocenters. The molecule has 274 valence electrons. The summed E-state index contributed by atoms with van der Waals surface area (Å²) in [4.78, 5) is 11.9. The molecule has 58 heavy (non-hydrogen) atoms. The van der Waals surface area contributed by atoms with Gasteiger partial charge in [-0.2, -0.15) is 0 Å². The predicted octanol–water partition coefficient (Wildman–Crippen LogP) is 13.3. The number of nitrogens with zero attached hydrogens (tertiary/aromatic N) is 2. The first kappa shape index (κ1) is 33.1. The third-order valence-corrected chi connectivity index (χ3v) is 13.1. The van der Waals surface area contributed by atoms with E-state index in [1.165, 1.54) is 53.9 Å². The highest BCUT2D eigenvalue weighted by Crippen LogP contribution is 2.53. The summed E-state index contributed by atoms with van der Waals surface area (Å²) in [6.45, 7) is 4.51. The lowest BCUT2D eigenvalue weighted by Gasteiger charge is -2.26. The highest BCUT2D eigenvalue weighted by molar-refractivity contribution is 7.19. The van der Waals surface area contributed by atoms with Crippen molar-refractivity contribution in [1.82, 2.24) is 5.32 Å². The van der Waals surface area contributed by atoms with Crippen molar-refractivity contribution in [3.63, 3.8) is 0 Å². The van der Waals surface area contributed by atoms with Crippen molar-refractivity contribution >= 4 is 60.6 Å². The zero-order chi connectivity index (χ0) is 38.3. The van der Waals surface area contributed by atoms with Crippen molar-refractivity contribution in [3.05, 3.63) is 220 Å². The number of hydrogen-bond acceptors (Lipinski definition) is 5. The van der Waals surface area contributed by atoms with Gasteiger partial charge in [-0.25, -0.2) is 9.98 Å². The molecule has 0 bridgehead atoms. The van der Waals surface area contributed by atoms with Gasteiger partial charge in [-0.05, 0) is 74.9 Å². The molecule has 1 aliphatic heterocycles. The number of aliphatic imine (C=N–C) groups is 2. The Kier molecular flexibility index (Phi) is 7.41. The van der Waals surface area contributed by atoms with Crippen molar-refractivity contribution in [2.45, 2.75) is 18.5 Å². The summed E-state index contributed by atoms with van der Waals surface area (Å²) >= 11 is 1.86. The Morgan fingerprint density at radius 1 is 0.586 bits per heavy atom. The van der Waals surface area contributed by atoms with E-state index in [9.17, 15) is 0 Å². The molecule has 0 saturated carbocycles. The number of rotatable bonds is 5. The van der Waals surface area contributed by atoms with Crippen molar-refractivity contribution in [2.75, 3.05) is 0 Å². The Morgan fingerprint density at radius 2 is 1.34 bits per heavy atom. The summed E-state index contributed by atoms with van der Waals surface area (Å²) < 4.78 is 7.88. The van der Waals surface area contributed by atoms with Gasteiger partial charge >= 0.3 is 0 Å². The van der Waals surface area contributed by atoms with Crippen LogP contribution < -0.4 is 5.32 Å². The van der Waals surface area contributed by atoms with Gasteiger partial charge in [0.1, 0.15) is 22.8 Å². The summed E-state index contributed by atoms with van der Waals surface area (Å²) in [5, 5.41) is 7.29. The minimum Gasteiger partial charge on any atom is -0.455 e. The van der Waals surface area contributed by atoms with Gasteiger partial charge in [0, 0.05) is 60.3 Å². The van der Waals surface area contributed by atoms with E-state index in [4.69, 9.17) is 14.4 Å². The minimum atomic E-state index is -0.408. The first-order chi connectivity index (χ1) is 28.6. The molecule has 2 unspecified atom stereocenters. The zero-order valence-electron chi connectivity index (χ0n) is 31.4. The predicted molar refractivity (Wildman–Crippen MR) is 241 cm³/mol. The van der Waals surface area contributed by atoms with Gasteiger partial charge in [0.25, 0.3) is 0 Å². The highest BCUT2D eigenvalue weighted by atomic mass is 32.1. The van der Waals surface area contributed by atoms with E-state index in [2.05, 4.69) is 170 Å². The fraction of sp³-hybridized carbons (Fsp3) is 0.0566. The number of para-hydroxylation sites is 1. The van der Waals surface area contributed by atoms with E-state index in [1.807, 2.05) is 23.5 Å². The summed E-state index contributed by atoms with van der Waals surface area (Å²) in [6.07, 6.45) is 2.63. The Balaban J connectivity index is 0.995. The summed E-state index contributed by atoms with van der Waals surface area (Å²) in [5.74, 6) is 1.67. The Hall–Kier alpha value is -7.08. The van der Waals surface area contributed by atoms with E-state index in [0.29, 0.717) is 0 Å². The summed E-state index contributed by atoms with van der Waals surface area (Å²) in [6, 6.07) is 58.3. The smallest absolute Gasteiger partial charge is 0.169 e. The number of hydrogen-bond donors (Lipinski definition) is 1. The quantitative estimate of drug-likeness (QED) is 0.190. The van der Waals surface area contributed by atoms with Gasteiger partial charge in [-0.15, -0.1) is 11.3 Å². The second-order valence-electron chi connectivity index (χ2n) is 15.4. The molecule has 3 heterocycles. The largest absolute Gasteiger partial charge is 0.455 e. The van der Waals surface area contributed by atoms with Crippen molar-refractivity contribution in [1.29, 1.82) is 0 Å². The molecule has 12 rings (SSSR count). The number of furan rings is 1. The van der Waals surface area contributed by atoms with E-state index < -0.39 is 6.17 Å². The Morgan fingerprint density at radius 3 is 2.24 bits per heavy atom. The standard InChI is InChI=1S/C53H35N3OS/c1-31-27-43(53-55-51(33-15-6-3-7-16-33)54-52(56-53)36-18-12-17-34(29-36)32-13-4-2-5-14-32)48-42-30-35(23-26-45(42)58-46(48)28-31)47-38-20-8-9-21-39(38)49-41(47)25-24-40-37-19-10-11-22-44(37)57-50(40)49/h2-27,29-30,47,51H,1,28H2,(H,54,55,56). The Bertz CT molecular complexity index is 3260. The van der Waals surface area contributed by atoms with Gasteiger partial charge in [-0.3, -0.25) is 0 Å². The Labute approximate surface area is 339 Å². The van der Waals surface area contributed by atoms with Crippen LogP contribution in [0.3, 0.4) is 0 Å². The molecule has 0 saturated heterocycles. The van der Waals surface area contributed by atoms with Gasteiger partial charge in [-0.1, -0.05) is 146 Å². The average Bonchev–Trinajstić information content (AvgIpc) is 3.95. The van der Waals surface area contributed by atoms with Crippen molar-refractivity contribution in [3.8, 4) is 22.3 Å². The summed E-state index contributed by atoms with van der Waals surface area (Å²) in [7, 11) is 0. The molecule has 5 heteroatoms. The molecule has 4 nitrogen and oxygen atoms in total. The van der Waals surface area contributed by atoms with Crippen LogP contribution in [0.4, 0.5) is 0 Å². The lowest BCUT2D eigenvalue weighted by atomic mass is 9.86. The van der Waals surface area contributed by atoms with Crippen LogP contribution in [0, 0.1) is 0 Å². The monoisotopic (exact) mass is 761 g/mol. The molecule has 0 amide bonds. The number of amidine groups is 2. The first-order valence-electron chi connectivity index (χ1n) is 19.8. The minimum absolute atomic E-state index is 0.0676. The fourth-order valence-corrected chi connectivity index (χ4v) is 10.5. The maximum absolute atomic E-state index is 6.63. The van der Waals surface area contributed by atoms with E-state index >= 15 is 0 Å². The molecule has 0 radical (unpaired) electrons. The van der Waals surface area contributed by atoms with Crippen LogP contribution in [0.15, 0.2) is 196 Å². The van der Waals surface area contributed by atoms with Crippen LogP contribution in [0.5, 0.6) is 0 Å². The number of nitrogens with one attached hydrogen (secondary N) is 1. The fourth-order valence-electron chi connectivity index (χ4n) is 9.30. The maximum Gasteiger partial charge on any atom is 0.169 e. The normalized spacial score (nSPS) is 17.0. The second-order valence-corrected chi connectivity index (χ2v) is 16.5. The topological polar surface area (TPSA) is 49.9 Å². The molecular weight excluding hydrogens is 727 g/mol. The maximum atomic E-state index is 6.63. The summed E-state index contributed by atoms with van der Waals surface area (Å²) in [5.41, 5.74) is 15.9. The molecule has 3 aliphatic rings. The van der Waals surface area contributed by atoms with Crippen molar-refractivity contribution < 1.29 is 4.42 Å². The lowest BCUT2D eigenvalue weighted by molar-refractivity contribution is 0.670. The lowest BCUT2D eigenvalue weighted by Crippen LogP contribution is -2.36. The molecular formula is C53H35N3OS. The highest BCUT2D eigenvalue weighted by Gasteiger charge is 2.34. The molecule has 1 N–H and O–H groups in total. The van der Waals surface area contributed by atoms with E-state index in [1.54, 1.807) is 0 Å². The van der Waals surface area contributed by atoms with Crippen LogP contribution in [-0.2, 0) is 6.42 Å². The third-order valence-electron chi connectivity index (χ3n) is 11.9. The molecule has 7 aromatic carbocycles. The van der Waals surface area contributed by atoms with E-state index in [-0.39, 0.29) is 5.92 Å². The number of thiophene rings is 1. The van der Waals surface area contributed by atoms with Gasteiger partial charge in [0.2, 0.25) is 0 Å². The molecule has 0 fully saturated rings. The van der Waals surface area contributed by atoms with Crippen LogP contribution >= 0.6 is 11.3 Å². The van der Waals surface area contributed by atoms with E-state index in [0.717, 1.165) is 67.9 Å². The van der Waals surface area contributed by atoms with Gasteiger partial charge in [0.05, 0.1) is 0 Å². The van der Waals surface area contributed by atoms with Crippen LogP contribution in [0.25, 0.3) is 59.9 Å². The molecule has 2 aliphatic carbocycles. The average molecular weight is 762 g/mol. The SMILES string of the molecule is C=C1C=C(C2=NC(c3ccccc3)N=C(c3cccc(-c4ccccc4)c3)N2)c2c(sc3ccc(C4c5ccccc5-c5c4ccc4c5oc5ccccc54)cc23)C1. The van der Waals surface area contributed by atoms with Crippen molar-refractivity contribution in [2.24, 2.45) is 9.98 Å². The zero-order valence-corrected chi connectivity index (χ0v) is 32.3. The molecule has 0 spiro atoms. The first-order valence-corrected chi connectivity index (χ1v) is 20.6. The second kappa shape index (κ2) is 13.0. The number of allylic oxidation sites excluding steroid dienone is 2. The van der Waals surface area contributed by atoms with Gasteiger partial charge < -0.3 is 9.73 Å². The number of fused-ring (bicyclic) bond motifs is 10. The number of benzene rings is 7. The van der Waals surface area contributed by atoms with Crippen LogP contribution in [0.1, 0.15) is 50.3 Å². The molecule has 9 aromatic rings.